The Kier molecular flexibility index (Phi) is 7.01. The summed E-state index contributed by atoms with van der Waals surface area (Å²) in [6, 6.07) is 0. The topological polar surface area (TPSA) is 102 Å². The Hall–Kier alpha value is -1.24. The third-order valence-corrected chi connectivity index (χ3v) is 4.39. The molecule has 0 aromatic carbocycles. The number of hydrogen-bond acceptors (Lipinski definition) is 6. The van der Waals surface area contributed by atoms with Crippen LogP contribution < -0.4 is 5.73 Å². The molecule has 0 aromatic rings. The maximum atomic E-state index is 12.3. The summed E-state index contributed by atoms with van der Waals surface area (Å²) in [5.74, 6) is -0.580. The summed E-state index contributed by atoms with van der Waals surface area (Å²) in [5.41, 5.74) is 4.12. The van der Waals surface area contributed by atoms with E-state index in [0.717, 1.165) is 31.0 Å². The van der Waals surface area contributed by atoms with E-state index >= 15 is 0 Å². The van der Waals surface area contributed by atoms with Crippen molar-refractivity contribution in [2.45, 2.75) is 52.1 Å². The lowest BCUT2D eigenvalue weighted by atomic mass is 9.80. The molecule has 7 heteroatoms. The van der Waals surface area contributed by atoms with Crippen LogP contribution in [0, 0.1) is 10.8 Å². The van der Waals surface area contributed by atoms with Crippen molar-refractivity contribution in [1.82, 2.24) is 0 Å². The van der Waals surface area contributed by atoms with Crippen molar-refractivity contribution in [3.63, 3.8) is 0 Å². The number of rotatable bonds is 8. The van der Waals surface area contributed by atoms with E-state index in [-0.39, 0.29) is 11.8 Å². The quantitative estimate of drug-likeness (QED) is 0.234. The Morgan fingerprint density at radius 1 is 1.52 bits per heavy atom. The molecule has 0 aliphatic carbocycles. The zero-order valence-corrected chi connectivity index (χ0v) is 13.5. The second-order valence-electron chi connectivity index (χ2n) is 5.17. The normalized spacial score (nSPS) is 24.7. The fourth-order valence-electron chi connectivity index (χ4n) is 2.47. The second-order valence-corrected chi connectivity index (χ2v) is 6.23. The molecule has 0 bridgehead atoms. The summed E-state index contributed by atoms with van der Waals surface area (Å²) < 4.78 is 10.4. The molecule has 3 N–H and O–H groups in total. The molecule has 1 aliphatic heterocycles. The van der Waals surface area contributed by atoms with Crippen LogP contribution in [0.15, 0.2) is 0 Å². The van der Waals surface area contributed by atoms with Gasteiger partial charge < -0.3 is 15.2 Å². The summed E-state index contributed by atoms with van der Waals surface area (Å²) in [5, 5.41) is 7.18. The Labute approximate surface area is 129 Å². The molecule has 1 heterocycles. The molecule has 1 aliphatic rings. The van der Waals surface area contributed by atoms with Gasteiger partial charge in [-0.15, -0.1) is 0 Å². The number of amidine groups is 1. The number of ether oxygens (including phenoxy) is 2. The van der Waals surface area contributed by atoms with Gasteiger partial charge >= 0.3 is 11.9 Å². The molecule has 2 atom stereocenters. The first-order chi connectivity index (χ1) is 9.96. The minimum absolute atomic E-state index is 0.0225. The molecule has 1 fully saturated rings. The molecule has 6 nitrogen and oxygen atoms in total. The largest absolute Gasteiger partial charge is 0.465 e. The molecule has 21 heavy (non-hydrogen) atoms. The lowest BCUT2D eigenvalue weighted by Gasteiger charge is -2.22. The van der Waals surface area contributed by atoms with Gasteiger partial charge in [0.05, 0.1) is 6.61 Å². The van der Waals surface area contributed by atoms with Crippen molar-refractivity contribution in [2.24, 2.45) is 11.1 Å². The molecular weight excluding hydrogens is 292 g/mol. The van der Waals surface area contributed by atoms with Gasteiger partial charge in [-0.05, 0) is 13.3 Å². The maximum Gasteiger partial charge on any atom is 0.323 e. The average Bonchev–Trinajstić information content (AvgIpc) is 2.75. The summed E-state index contributed by atoms with van der Waals surface area (Å²) in [6.07, 6.45) is 3.14. The molecule has 120 valence electrons. The minimum atomic E-state index is -1.17. The number of unbranched alkanes of at least 4 members (excludes halogenated alkanes) is 2. The molecular formula is C14H24N2O4S. The lowest BCUT2D eigenvalue weighted by molar-refractivity contribution is -0.165. The Morgan fingerprint density at radius 2 is 2.24 bits per heavy atom. The van der Waals surface area contributed by atoms with Crippen LogP contribution in [0.4, 0.5) is 0 Å². The molecule has 0 amide bonds. The van der Waals surface area contributed by atoms with Crippen molar-refractivity contribution < 1.29 is 19.1 Å². The van der Waals surface area contributed by atoms with Gasteiger partial charge in [-0.3, -0.25) is 15.0 Å². The van der Waals surface area contributed by atoms with Gasteiger partial charge in [0.1, 0.15) is 6.10 Å². The predicted octanol–water partition coefficient (Wildman–Crippen LogP) is 2.06. The standard InChI is InChI=1S/C14H24N2O4S/c1-3-5-6-7-14(11(17)19-4-2)8-10(20-12(14)18)9-21-13(15)16/h10H,3-9H2,1-2H3,(H3,15,16)/t10-,14-/m0/s1. The fourth-order valence-corrected chi connectivity index (χ4v) is 3.02. The maximum absolute atomic E-state index is 12.3. The van der Waals surface area contributed by atoms with Crippen LogP contribution in [0.25, 0.3) is 0 Å². The van der Waals surface area contributed by atoms with Gasteiger partial charge in [-0.1, -0.05) is 37.9 Å². The van der Waals surface area contributed by atoms with Crippen LogP contribution in [0.1, 0.15) is 46.0 Å². The highest BCUT2D eigenvalue weighted by atomic mass is 32.2. The zero-order valence-electron chi connectivity index (χ0n) is 12.6. The van der Waals surface area contributed by atoms with Crippen molar-refractivity contribution in [1.29, 1.82) is 5.41 Å². The number of cyclic esters (lactones) is 1. The van der Waals surface area contributed by atoms with E-state index < -0.39 is 23.5 Å². The molecule has 0 saturated carbocycles. The van der Waals surface area contributed by atoms with Crippen molar-refractivity contribution >= 4 is 28.9 Å². The SMILES string of the molecule is CCCCC[C@@]1(C(=O)OCC)C[C@@H](CSC(=N)N)OC1=O. The number of carbonyl (C=O) groups excluding carboxylic acids is 2. The number of carbonyl (C=O) groups is 2. The van der Waals surface area contributed by atoms with E-state index in [2.05, 4.69) is 6.92 Å². The first kappa shape index (κ1) is 17.8. The van der Waals surface area contributed by atoms with Gasteiger partial charge in [0, 0.05) is 12.2 Å². The highest BCUT2D eigenvalue weighted by molar-refractivity contribution is 8.13. The molecule has 0 unspecified atom stereocenters. The van der Waals surface area contributed by atoms with Gasteiger partial charge in [0.2, 0.25) is 0 Å². The fraction of sp³-hybridized carbons (Fsp3) is 0.786. The number of esters is 2. The van der Waals surface area contributed by atoms with Crippen LogP contribution in [-0.4, -0.2) is 35.6 Å². The van der Waals surface area contributed by atoms with E-state index in [1.54, 1.807) is 6.92 Å². The number of thioether (sulfide) groups is 1. The van der Waals surface area contributed by atoms with E-state index in [1.807, 2.05) is 0 Å². The van der Waals surface area contributed by atoms with E-state index in [1.165, 1.54) is 0 Å². The molecule has 1 saturated heterocycles. The Bertz CT molecular complexity index is 402. The van der Waals surface area contributed by atoms with Crippen molar-refractivity contribution in [3.05, 3.63) is 0 Å². The highest BCUT2D eigenvalue weighted by Crippen LogP contribution is 2.41. The zero-order chi connectivity index (χ0) is 15.9. The average molecular weight is 316 g/mol. The Morgan fingerprint density at radius 3 is 2.81 bits per heavy atom. The predicted molar refractivity (Wildman–Crippen MR) is 82.1 cm³/mol. The highest BCUT2D eigenvalue weighted by Gasteiger charge is 2.55. The van der Waals surface area contributed by atoms with Gasteiger partial charge in [-0.2, -0.15) is 0 Å². The monoisotopic (exact) mass is 316 g/mol. The van der Waals surface area contributed by atoms with Crippen molar-refractivity contribution in [3.8, 4) is 0 Å². The smallest absolute Gasteiger partial charge is 0.323 e. The van der Waals surface area contributed by atoms with Crippen molar-refractivity contribution in [2.75, 3.05) is 12.4 Å². The first-order valence-electron chi connectivity index (χ1n) is 7.31. The lowest BCUT2D eigenvalue weighted by Crippen LogP contribution is -2.37. The van der Waals surface area contributed by atoms with Crippen LogP contribution in [-0.2, 0) is 19.1 Å². The molecule has 0 aromatic heterocycles. The van der Waals surface area contributed by atoms with E-state index in [4.69, 9.17) is 20.6 Å². The number of hydrogen-bond donors (Lipinski definition) is 2. The van der Waals surface area contributed by atoms with Crippen LogP contribution >= 0.6 is 11.8 Å². The molecule has 0 spiro atoms. The van der Waals surface area contributed by atoms with Crippen LogP contribution in [0.3, 0.4) is 0 Å². The second kappa shape index (κ2) is 8.26. The third kappa shape index (κ3) is 4.62. The Balaban J connectivity index is 2.78. The van der Waals surface area contributed by atoms with Crippen LogP contribution in [0.2, 0.25) is 0 Å². The molecule has 1 rings (SSSR count). The van der Waals surface area contributed by atoms with Gasteiger partial charge in [-0.25, -0.2) is 0 Å². The third-order valence-electron chi connectivity index (χ3n) is 3.54. The number of nitrogens with two attached hydrogens (primary N) is 1. The summed E-state index contributed by atoms with van der Waals surface area (Å²) in [4.78, 5) is 24.5. The van der Waals surface area contributed by atoms with Gasteiger partial charge in [0.15, 0.2) is 10.6 Å². The van der Waals surface area contributed by atoms with E-state index in [9.17, 15) is 9.59 Å². The van der Waals surface area contributed by atoms with Gasteiger partial charge in [0.25, 0.3) is 0 Å². The molecule has 0 radical (unpaired) electrons. The first-order valence-corrected chi connectivity index (χ1v) is 8.30. The summed E-state index contributed by atoms with van der Waals surface area (Å²) >= 11 is 1.12. The summed E-state index contributed by atoms with van der Waals surface area (Å²) in [6.45, 7) is 4.03. The number of nitrogens with one attached hydrogen (secondary N) is 1. The van der Waals surface area contributed by atoms with E-state index in [0.29, 0.717) is 18.6 Å². The minimum Gasteiger partial charge on any atom is -0.465 e. The van der Waals surface area contributed by atoms with Crippen LogP contribution in [0.5, 0.6) is 0 Å². The summed E-state index contributed by atoms with van der Waals surface area (Å²) in [7, 11) is 0.